The van der Waals surface area contributed by atoms with E-state index in [4.69, 9.17) is 9.47 Å². The molecule has 8 heteroatoms. The first kappa shape index (κ1) is 22.5. The Hall–Kier alpha value is -2.74. The normalized spacial score (nSPS) is 12.2. The van der Waals surface area contributed by atoms with Crippen LogP contribution in [0.1, 0.15) is 40.9 Å². The molecule has 29 heavy (non-hydrogen) atoms. The molecule has 2 aromatic carbocycles. The quantitative estimate of drug-likeness (QED) is 0.708. The Morgan fingerprint density at radius 1 is 1.14 bits per heavy atom. The molecule has 0 aliphatic heterocycles. The average Bonchev–Trinajstić information content (AvgIpc) is 2.70. The van der Waals surface area contributed by atoms with Gasteiger partial charge in [0.25, 0.3) is 5.91 Å². The fraction of sp³-hybridized carbons (Fsp3) is 0.381. The molecule has 0 saturated carbocycles. The molecular formula is C21H28N2O5S. The monoisotopic (exact) mass is 420 g/mol. The van der Waals surface area contributed by atoms with E-state index < -0.39 is 10.0 Å². The Labute approximate surface area is 172 Å². The van der Waals surface area contributed by atoms with Crippen molar-refractivity contribution >= 4 is 21.6 Å². The first-order valence-corrected chi connectivity index (χ1v) is 11.0. The maximum Gasteiger partial charge on any atom is 0.252 e. The van der Waals surface area contributed by atoms with E-state index in [0.29, 0.717) is 34.7 Å². The summed E-state index contributed by atoms with van der Waals surface area (Å²) in [7, 11) is 1.17. The lowest BCUT2D eigenvalue weighted by molar-refractivity contribution is 0.0935. The Morgan fingerprint density at radius 3 is 2.34 bits per heavy atom. The lowest BCUT2D eigenvalue weighted by Gasteiger charge is -2.22. The van der Waals surface area contributed by atoms with Gasteiger partial charge in [-0.25, -0.2) is 8.42 Å². The van der Waals surface area contributed by atoms with Crippen molar-refractivity contribution in [1.82, 2.24) is 5.32 Å². The summed E-state index contributed by atoms with van der Waals surface area (Å²) in [4.78, 5) is 13.0. The Morgan fingerprint density at radius 2 is 1.79 bits per heavy atom. The van der Waals surface area contributed by atoms with Gasteiger partial charge in [-0.2, -0.15) is 0 Å². The number of benzene rings is 2. The highest BCUT2D eigenvalue weighted by atomic mass is 32.2. The number of nitrogens with zero attached hydrogens (tertiary/aromatic N) is 1. The number of hydrogen-bond acceptors (Lipinski definition) is 5. The number of anilines is 1. The number of carbonyl (C=O) groups excluding carboxylic acids is 1. The van der Waals surface area contributed by atoms with Crippen molar-refractivity contribution in [3.8, 4) is 11.5 Å². The minimum Gasteiger partial charge on any atom is -0.493 e. The van der Waals surface area contributed by atoms with Gasteiger partial charge < -0.3 is 14.8 Å². The lowest BCUT2D eigenvalue weighted by Crippen LogP contribution is -2.30. The van der Waals surface area contributed by atoms with Crippen molar-refractivity contribution < 1.29 is 22.7 Å². The van der Waals surface area contributed by atoms with E-state index in [1.54, 1.807) is 45.4 Å². The van der Waals surface area contributed by atoms with E-state index in [1.165, 1.54) is 11.4 Å². The van der Waals surface area contributed by atoms with Gasteiger partial charge in [0.15, 0.2) is 11.5 Å². The van der Waals surface area contributed by atoms with Gasteiger partial charge in [-0.05, 0) is 48.7 Å². The van der Waals surface area contributed by atoms with Crippen LogP contribution in [-0.2, 0) is 10.0 Å². The molecule has 1 unspecified atom stereocenters. The molecule has 0 heterocycles. The van der Waals surface area contributed by atoms with Crippen LogP contribution in [0.2, 0.25) is 0 Å². The number of sulfonamides is 1. The van der Waals surface area contributed by atoms with Crippen molar-refractivity contribution in [1.29, 1.82) is 0 Å². The highest BCUT2D eigenvalue weighted by Crippen LogP contribution is 2.31. The minimum absolute atomic E-state index is 0.238. The van der Waals surface area contributed by atoms with Crippen LogP contribution in [0.25, 0.3) is 0 Å². The molecule has 7 nitrogen and oxygen atoms in total. The maximum atomic E-state index is 13.0. The van der Waals surface area contributed by atoms with Crippen LogP contribution in [0.3, 0.4) is 0 Å². The molecule has 158 valence electrons. The summed E-state index contributed by atoms with van der Waals surface area (Å²) in [5.41, 5.74) is 2.39. The number of carbonyl (C=O) groups is 1. The van der Waals surface area contributed by atoms with E-state index in [1.807, 2.05) is 19.1 Å². The van der Waals surface area contributed by atoms with Crippen LogP contribution in [0.4, 0.5) is 5.69 Å². The molecule has 0 saturated heterocycles. The zero-order valence-corrected chi connectivity index (χ0v) is 18.5. The minimum atomic E-state index is -3.43. The summed E-state index contributed by atoms with van der Waals surface area (Å²) in [5, 5.41) is 3.03. The largest absolute Gasteiger partial charge is 0.493 e. The molecule has 1 atom stereocenters. The fourth-order valence-electron chi connectivity index (χ4n) is 3.12. The second-order valence-corrected chi connectivity index (χ2v) is 8.74. The summed E-state index contributed by atoms with van der Waals surface area (Å²) in [5.74, 6) is 0.934. The average molecular weight is 421 g/mol. The molecule has 1 amide bonds. The van der Waals surface area contributed by atoms with Crippen molar-refractivity contribution in [2.75, 3.05) is 31.8 Å². The molecule has 0 aliphatic rings. The third-order valence-corrected chi connectivity index (χ3v) is 6.10. The Kier molecular flexibility index (Phi) is 7.13. The summed E-state index contributed by atoms with van der Waals surface area (Å²) in [6.45, 7) is 3.71. The van der Waals surface area contributed by atoms with Crippen molar-refractivity contribution in [2.45, 2.75) is 26.3 Å². The zero-order chi connectivity index (χ0) is 21.8. The predicted octanol–water partition coefficient (Wildman–Crippen LogP) is 3.29. The van der Waals surface area contributed by atoms with Gasteiger partial charge in [-0.15, -0.1) is 0 Å². The van der Waals surface area contributed by atoms with Crippen LogP contribution >= 0.6 is 0 Å². The molecule has 0 fully saturated rings. The molecule has 2 aromatic rings. The molecule has 0 radical (unpaired) electrons. The van der Waals surface area contributed by atoms with Gasteiger partial charge in [0.1, 0.15) is 0 Å². The lowest BCUT2D eigenvalue weighted by atomic mass is 10.0. The SMILES string of the molecule is CCC(NC(=O)c1cccc(N(C)S(C)(=O)=O)c1C)c1ccc(OC)c(OC)c1. The third-order valence-electron chi connectivity index (χ3n) is 4.91. The van der Waals surface area contributed by atoms with Crippen molar-refractivity contribution in [3.05, 3.63) is 53.1 Å². The molecule has 0 aliphatic carbocycles. The third kappa shape index (κ3) is 5.00. The molecular weight excluding hydrogens is 392 g/mol. The van der Waals surface area contributed by atoms with Gasteiger partial charge in [0, 0.05) is 12.6 Å². The summed E-state index contributed by atoms with van der Waals surface area (Å²) in [6.07, 6.45) is 1.80. The predicted molar refractivity (Wildman–Crippen MR) is 114 cm³/mol. The standard InChI is InChI=1S/C21H28N2O5S/c1-7-17(15-11-12-19(27-4)20(13-15)28-5)22-21(24)16-9-8-10-18(14(16)2)23(3)29(6,25)26/h8-13,17H,7H2,1-6H3,(H,22,24). The smallest absolute Gasteiger partial charge is 0.252 e. The van der Waals surface area contributed by atoms with E-state index in [9.17, 15) is 13.2 Å². The Balaban J connectivity index is 2.33. The van der Waals surface area contributed by atoms with Crippen LogP contribution in [0.5, 0.6) is 11.5 Å². The molecule has 0 spiro atoms. The van der Waals surface area contributed by atoms with E-state index in [0.717, 1.165) is 11.8 Å². The highest BCUT2D eigenvalue weighted by Gasteiger charge is 2.21. The first-order chi connectivity index (χ1) is 13.6. The maximum absolute atomic E-state index is 13.0. The van der Waals surface area contributed by atoms with Gasteiger partial charge in [0.2, 0.25) is 10.0 Å². The second-order valence-electron chi connectivity index (χ2n) is 6.73. The van der Waals surface area contributed by atoms with Crippen molar-refractivity contribution in [2.24, 2.45) is 0 Å². The number of amides is 1. The van der Waals surface area contributed by atoms with Gasteiger partial charge in [-0.1, -0.05) is 19.1 Å². The molecule has 2 rings (SSSR count). The van der Waals surface area contributed by atoms with Gasteiger partial charge >= 0.3 is 0 Å². The topological polar surface area (TPSA) is 84.9 Å². The molecule has 0 bridgehead atoms. The summed E-state index contributed by atoms with van der Waals surface area (Å²) >= 11 is 0. The van der Waals surface area contributed by atoms with Crippen LogP contribution < -0.4 is 19.1 Å². The highest BCUT2D eigenvalue weighted by molar-refractivity contribution is 7.92. The molecule has 1 N–H and O–H groups in total. The van der Waals surface area contributed by atoms with E-state index in [-0.39, 0.29) is 11.9 Å². The van der Waals surface area contributed by atoms with Crippen LogP contribution in [0, 0.1) is 6.92 Å². The van der Waals surface area contributed by atoms with Crippen LogP contribution in [0.15, 0.2) is 36.4 Å². The number of hydrogen-bond donors (Lipinski definition) is 1. The zero-order valence-electron chi connectivity index (χ0n) is 17.6. The number of ether oxygens (including phenoxy) is 2. The fourth-order valence-corrected chi connectivity index (χ4v) is 3.67. The number of nitrogens with one attached hydrogen (secondary N) is 1. The second kappa shape index (κ2) is 9.17. The number of rotatable bonds is 8. The molecule has 0 aromatic heterocycles. The van der Waals surface area contributed by atoms with Crippen LogP contribution in [-0.4, -0.2) is 41.8 Å². The van der Waals surface area contributed by atoms with E-state index >= 15 is 0 Å². The Bertz CT molecular complexity index is 989. The number of methoxy groups -OCH3 is 2. The summed E-state index contributed by atoms with van der Waals surface area (Å²) < 4.78 is 35.6. The summed E-state index contributed by atoms with van der Waals surface area (Å²) in [6, 6.07) is 10.3. The van der Waals surface area contributed by atoms with Gasteiger partial charge in [-0.3, -0.25) is 9.10 Å². The first-order valence-electron chi connectivity index (χ1n) is 9.20. The van der Waals surface area contributed by atoms with Gasteiger partial charge in [0.05, 0.1) is 32.2 Å². The van der Waals surface area contributed by atoms with Crippen molar-refractivity contribution in [3.63, 3.8) is 0 Å². The van der Waals surface area contributed by atoms with E-state index in [2.05, 4.69) is 5.32 Å².